The smallest absolute Gasteiger partial charge is 0.101 e. The van der Waals surface area contributed by atoms with Crippen LogP contribution < -0.4 is 0 Å². The Morgan fingerprint density at radius 3 is 2.44 bits per heavy atom. The minimum absolute atomic E-state index is 0.510. The van der Waals surface area contributed by atoms with Crippen LogP contribution in [0.2, 0.25) is 0 Å². The molecule has 0 atom stereocenters. The summed E-state index contributed by atoms with van der Waals surface area (Å²) in [5.74, 6) is 0. The molecule has 0 bridgehead atoms. The van der Waals surface area contributed by atoms with Crippen LogP contribution in [0.25, 0.3) is 0 Å². The molecule has 0 N–H and O–H groups in total. The van der Waals surface area contributed by atoms with E-state index < -0.39 is 6.67 Å². The third-order valence-electron chi connectivity index (χ3n) is 1.04. The molecule has 0 nitrogen and oxygen atoms in total. The maximum absolute atomic E-state index is 11.6. The van der Waals surface area contributed by atoms with Crippen molar-refractivity contribution in [3.8, 4) is 0 Å². The van der Waals surface area contributed by atoms with E-state index in [0.717, 1.165) is 5.56 Å². The summed E-state index contributed by atoms with van der Waals surface area (Å²) in [5.41, 5.74) is 0.819. The first-order chi connectivity index (χ1) is 4.43. The Balaban J connectivity index is 2.61. The zero-order valence-electron chi connectivity index (χ0n) is 4.97. The third-order valence-corrected chi connectivity index (χ3v) is 1.04. The van der Waals surface area contributed by atoms with Crippen molar-refractivity contribution in [3.63, 3.8) is 0 Å². The number of alkyl halides is 1. The summed E-state index contributed by atoms with van der Waals surface area (Å²) in [7, 11) is 0. The molecule has 1 heteroatoms. The molecule has 0 fully saturated rings. The number of benzene rings is 1. The van der Waals surface area contributed by atoms with Gasteiger partial charge >= 0.3 is 0 Å². The summed E-state index contributed by atoms with van der Waals surface area (Å²) in [5, 5.41) is 0. The van der Waals surface area contributed by atoms with Crippen LogP contribution in [0.5, 0.6) is 0 Å². The first-order valence-electron chi connectivity index (χ1n) is 2.78. The van der Waals surface area contributed by atoms with E-state index in [9.17, 15) is 4.39 Å². The lowest BCUT2D eigenvalue weighted by Crippen LogP contribution is -1.79. The highest BCUT2D eigenvalue weighted by molar-refractivity contribution is 5.22. The minimum atomic E-state index is -0.510. The molecule has 0 saturated heterocycles. The maximum atomic E-state index is 11.6. The van der Waals surface area contributed by atoms with Crippen molar-refractivity contribution in [1.82, 2.24) is 0 Å². The Morgan fingerprint density at radius 1 is 1.22 bits per heavy atom. The van der Waals surface area contributed by atoms with Crippen LogP contribution in [0.4, 0.5) is 4.39 Å². The van der Waals surface area contributed by atoms with E-state index in [-0.39, 0.29) is 0 Å². The number of halogens is 1. The van der Waals surface area contributed by atoms with Crippen LogP contribution in [-0.4, -0.2) is 6.67 Å². The van der Waals surface area contributed by atoms with Crippen molar-refractivity contribution < 1.29 is 4.39 Å². The SMILES string of the molecule is FC[C]c1ccccc1. The molecule has 0 aliphatic carbocycles. The normalized spacial score (nSPS) is 9.44. The van der Waals surface area contributed by atoms with Gasteiger partial charge in [-0.25, -0.2) is 0 Å². The van der Waals surface area contributed by atoms with Crippen LogP contribution in [0.15, 0.2) is 30.3 Å². The fraction of sp³-hybridized carbons (Fsp3) is 0.125. The van der Waals surface area contributed by atoms with E-state index in [2.05, 4.69) is 6.42 Å². The Labute approximate surface area is 54.3 Å². The second-order valence-corrected chi connectivity index (χ2v) is 1.68. The molecule has 0 amide bonds. The fourth-order valence-electron chi connectivity index (χ4n) is 0.633. The Kier molecular flexibility index (Phi) is 2.25. The van der Waals surface area contributed by atoms with Gasteiger partial charge in [-0.05, 0) is 5.56 Å². The van der Waals surface area contributed by atoms with Crippen molar-refractivity contribution >= 4 is 0 Å². The molecule has 1 rings (SSSR count). The van der Waals surface area contributed by atoms with Gasteiger partial charge in [0.1, 0.15) is 6.67 Å². The maximum Gasteiger partial charge on any atom is 0.101 e. The van der Waals surface area contributed by atoms with Gasteiger partial charge < -0.3 is 0 Å². The average molecular weight is 122 g/mol. The summed E-state index contributed by atoms with van der Waals surface area (Å²) < 4.78 is 11.6. The minimum Gasteiger partial charge on any atom is -0.250 e. The zero-order chi connectivity index (χ0) is 6.53. The quantitative estimate of drug-likeness (QED) is 0.563. The van der Waals surface area contributed by atoms with Crippen molar-refractivity contribution in [2.45, 2.75) is 0 Å². The molecule has 0 heterocycles. The molecule has 0 unspecified atom stereocenters. The molecular formula is C8H7F. The van der Waals surface area contributed by atoms with Crippen LogP contribution in [0.1, 0.15) is 5.56 Å². The average Bonchev–Trinajstić information content (AvgIpc) is 1.91. The Hall–Kier alpha value is -0.850. The summed E-state index contributed by atoms with van der Waals surface area (Å²) in [6, 6.07) is 9.25. The number of hydrogen-bond donors (Lipinski definition) is 0. The largest absolute Gasteiger partial charge is 0.250 e. The van der Waals surface area contributed by atoms with Gasteiger partial charge in [-0.15, -0.1) is 0 Å². The third kappa shape index (κ3) is 1.84. The van der Waals surface area contributed by atoms with E-state index >= 15 is 0 Å². The zero-order valence-corrected chi connectivity index (χ0v) is 4.97. The monoisotopic (exact) mass is 122 g/mol. The summed E-state index contributed by atoms with van der Waals surface area (Å²) >= 11 is 0. The van der Waals surface area contributed by atoms with E-state index in [4.69, 9.17) is 0 Å². The van der Waals surface area contributed by atoms with E-state index in [1.54, 1.807) is 0 Å². The molecule has 2 radical (unpaired) electrons. The van der Waals surface area contributed by atoms with Crippen LogP contribution in [-0.2, 0) is 0 Å². The van der Waals surface area contributed by atoms with Gasteiger partial charge in [-0.3, -0.25) is 4.39 Å². The molecular weight excluding hydrogens is 115 g/mol. The second kappa shape index (κ2) is 3.23. The Bertz CT molecular complexity index is 157. The molecule has 1 aromatic carbocycles. The van der Waals surface area contributed by atoms with Gasteiger partial charge in [0.15, 0.2) is 0 Å². The number of hydrogen-bond acceptors (Lipinski definition) is 0. The predicted molar refractivity (Wildman–Crippen MR) is 34.8 cm³/mol. The lowest BCUT2D eigenvalue weighted by molar-refractivity contribution is 0.544. The molecule has 46 valence electrons. The molecule has 1 aromatic rings. The second-order valence-electron chi connectivity index (χ2n) is 1.68. The molecule has 0 aliphatic heterocycles. The fourth-order valence-corrected chi connectivity index (χ4v) is 0.633. The lowest BCUT2D eigenvalue weighted by atomic mass is 10.2. The highest BCUT2D eigenvalue weighted by Gasteiger charge is 1.88. The van der Waals surface area contributed by atoms with Gasteiger partial charge in [0.25, 0.3) is 0 Å². The first-order valence-corrected chi connectivity index (χ1v) is 2.78. The van der Waals surface area contributed by atoms with Crippen molar-refractivity contribution in [1.29, 1.82) is 0 Å². The highest BCUT2D eigenvalue weighted by atomic mass is 19.1. The van der Waals surface area contributed by atoms with Gasteiger partial charge in [0.2, 0.25) is 0 Å². The van der Waals surface area contributed by atoms with Gasteiger partial charge in [-0.2, -0.15) is 0 Å². The van der Waals surface area contributed by atoms with Gasteiger partial charge in [0.05, 0.1) is 6.42 Å². The van der Waals surface area contributed by atoms with E-state index in [1.807, 2.05) is 30.3 Å². The summed E-state index contributed by atoms with van der Waals surface area (Å²) in [6.07, 6.45) is 2.54. The molecule has 0 aliphatic rings. The topological polar surface area (TPSA) is 0 Å². The predicted octanol–water partition coefficient (Wildman–Crippen LogP) is 2.09. The molecule has 0 aromatic heterocycles. The van der Waals surface area contributed by atoms with Crippen LogP contribution in [0.3, 0.4) is 0 Å². The summed E-state index contributed by atoms with van der Waals surface area (Å²) in [4.78, 5) is 0. The van der Waals surface area contributed by atoms with E-state index in [0.29, 0.717) is 0 Å². The number of rotatable bonds is 2. The van der Waals surface area contributed by atoms with Crippen LogP contribution in [0, 0.1) is 6.42 Å². The van der Waals surface area contributed by atoms with Gasteiger partial charge in [-0.1, -0.05) is 30.3 Å². The van der Waals surface area contributed by atoms with Gasteiger partial charge in [0, 0.05) is 0 Å². The molecule has 0 spiro atoms. The molecule has 9 heavy (non-hydrogen) atoms. The lowest BCUT2D eigenvalue weighted by Gasteiger charge is -1.90. The van der Waals surface area contributed by atoms with Crippen molar-refractivity contribution in [2.24, 2.45) is 0 Å². The first kappa shape index (κ1) is 6.27. The standard InChI is InChI=1S/C8H7F/c9-7-6-8-4-2-1-3-5-8/h1-5H,7H2. The molecule has 0 saturated carbocycles. The highest BCUT2D eigenvalue weighted by Crippen LogP contribution is 2.00. The van der Waals surface area contributed by atoms with E-state index in [1.165, 1.54) is 0 Å². The Morgan fingerprint density at radius 2 is 1.89 bits per heavy atom. The van der Waals surface area contributed by atoms with Crippen LogP contribution >= 0.6 is 0 Å². The summed E-state index contributed by atoms with van der Waals surface area (Å²) in [6.45, 7) is -0.510. The van der Waals surface area contributed by atoms with Crippen molar-refractivity contribution in [2.75, 3.05) is 6.67 Å². The van der Waals surface area contributed by atoms with Crippen molar-refractivity contribution in [3.05, 3.63) is 42.3 Å².